The number of amides is 1. The normalized spacial score (nSPS) is 21.0. The molecule has 1 aromatic heterocycles. The molecule has 2 aromatic rings. The lowest BCUT2D eigenvalue weighted by molar-refractivity contribution is 0.0528. The van der Waals surface area contributed by atoms with Gasteiger partial charge in [0.15, 0.2) is 11.6 Å². The molecule has 1 saturated carbocycles. The van der Waals surface area contributed by atoms with Crippen LogP contribution >= 0.6 is 11.9 Å². The lowest BCUT2D eigenvalue weighted by Crippen LogP contribution is -2.41. The number of nitrogens with zero attached hydrogens (tertiary/aromatic N) is 3. The highest BCUT2D eigenvalue weighted by Gasteiger charge is 2.44. The molecule has 194 valence electrons. The zero-order chi connectivity index (χ0) is 25.1. The Bertz CT molecular complexity index is 1090. The third kappa shape index (κ3) is 5.72. The van der Waals surface area contributed by atoms with Crippen LogP contribution in [0, 0.1) is 5.41 Å². The van der Waals surface area contributed by atoms with Gasteiger partial charge in [-0.25, -0.2) is 4.98 Å². The molecule has 2 saturated heterocycles. The molecule has 1 aliphatic carbocycles. The van der Waals surface area contributed by atoms with Crippen LogP contribution in [-0.2, 0) is 4.74 Å². The largest absolute Gasteiger partial charge is 0.504 e. The minimum Gasteiger partial charge on any atom is -0.504 e. The molecule has 3 fully saturated rings. The molecule has 0 radical (unpaired) electrons. The molecule has 1 aromatic carbocycles. The number of nitrogens with one attached hydrogen (secondary N) is 2. The number of morpholine rings is 1. The lowest BCUT2D eigenvalue weighted by atomic mass is 9.93. The number of aliphatic hydroxyl groups is 1. The summed E-state index contributed by atoms with van der Waals surface area (Å²) in [7, 11) is 0. The van der Waals surface area contributed by atoms with Gasteiger partial charge in [-0.05, 0) is 80.3 Å². The summed E-state index contributed by atoms with van der Waals surface area (Å²) < 4.78 is 8.75. The maximum Gasteiger partial charge on any atom is 0.274 e. The maximum atomic E-state index is 13.3. The number of benzene rings is 1. The number of pyridine rings is 1. The SMILES string of the molecule is C[C@H]1CN(c2nc(C(=O)Nc3ccc(SNCCO)cc3N3CCC4(CC3)CC4)ccc2O)CCO1. The van der Waals surface area contributed by atoms with E-state index in [1.54, 1.807) is 6.07 Å². The number of carbonyl (C=O) groups is 1. The fraction of sp³-hybridized carbons (Fsp3) is 0.538. The van der Waals surface area contributed by atoms with Crippen LogP contribution in [0.2, 0.25) is 0 Å². The molecule has 4 N–H and O–H groups in total. The number of hydrogen-bond donors (Lipinski definition) is 4. The molecule has 9 nitrogen and oxygen atoms in total. The minimum absolute atomic E-state index is 0.0302. The number of rotatable bonds is 8. The van der Waals surface area contributed by atoms with E-state index in [1.165, 1.54) is 43.7 Å². The fourth-order valence-corrected chi connectivity index (χ4v) is 5.69. The Balaban J connectivity index is 1.36. The van der Waals surface area contributed by atoms with Gasteiger partial charge in [0.1, 0.15) is 5.69 Å². The highest BCUT2D eigenvalue weighted by atomic mass is 32.2. The summed E-state index contributed by atoms with van der Waals surface area (Å²) in [4.78, 5) is 23.2. The summed E-state index contributed by atoms with van der Waals surface area (Å²) in [5.41, 5.74) is 2.55. The average Bonchev–Trinajstić information content (AvgIpc) is 3.64. The van der Waals surface area contributed by atoms with Crippen LogP contribution in [0.1, 0.15) is 43.1 Å². The van der Waals surface area contributed by atoms with E-state index >= 15 is 0 Å². The van der Waals surface area contributed by atoms with Gasteiger partial charge in [0.2, 0.25) is 0 Å². The van der Waals surface area contributed by atoms with Gasteiger partial charge in [0, 0.05) is 37.6 Å². The molecule has 2 aliphatic heterocycles. The molecule has 0 bridgehead atoms. The number of aliphatic hydroxyl groups excluding tert-OH is 1. The Morgan fingerprint density at radius 1 is 1.17 bits per heavy atom. The monoisotopic (exact) mass is 513 g/mol. The highest BCUT2D eigenvalue weighted by molar-refractivity contribution is 7.97. The van der Waals surface area contributed by atoms with E-state index in [0.29, 0.717) is 37.5 Å². The van der Waals surface area contributed by atoms with Crippen molar-refractivity contribution in [1.82, 2.24) is 9.71 Å². The second-order valence-corrected chi connectivity index (χ2v) is 11.0. The van der Waals surface area contributed by atoms with Crippen LogP contribution < -0.4 is 19.8 Å². The van der Waals surface area contributed by atoms with E-state index in [9.17, 15) is 9.90 Å². The number of ether oxygens (including phenoxy) is 1. The topological polar surface area (TPSA) is 110 Å². The second-order valence-electron chi connectivity index (χ2n) is 10.0. The average molecular weight is 514 g/mol. The number of hydrogen-bond acceptors (Lipinski definition) is 9. The van der Waals surface area contributed by atoms with Crippen molar-refractivity contribution < 1.29 is 19.7 Å². The molecule has 1 amide bonds. The van der Waals surface area contributed by atoms with Crippen molar-refractivity contribution in [2.24, 2.45) is 5.41 Å². The van der Waals surface area contributed by atoms with Gasteiger partial charge in [-0.15, -0.1) is 0 Å². The molecular formula is C26H35N5O4S. The second kappa shape index (κ2) is 10.8. The Hall–Kier alpha value is -2.53. The Morgan fingerprint density at radius 3 is 2.69 bits per heavy atom. The van der Waals surface area contributed by atoms with E-state index in [-0.39, 0.29) is 30.1 Å². The summed E-state index contributed by atoms with van der Waals surface area (Å²) in [6.45, 7) is 6.27. The van der Waals surface area contributed by atoms with Gasteiger partial charge in [-0.2, -0.15) is 0 Å². The van der Waals surface area contributed by atoms with Crippen molar-refractivity contribution in [2.45, 2.75) is 43.6 Å². The van der Waals surface area contributed by atoms with Crippen LogP contribution in [0.15, 0.2) is 35.2 Å². The first-order valence-corrected chi connectivity index (χ1v) is 13.6. The number of carbonyl (C=O) groups excluding carboxylic acids is 1. The zero-order valence-electron chi connectivity index (χ0n) is 20.7. The van der Waals surface area contributed by atoms with Gasteiger partial charge in [0.25, 0.3) is 5.91 Å². The van der Waals surface area contributed by atoms with Gasteiger partial charge in [-0.1, -0.05) is 0 Å². The van der Waals surface area contributed by atoms with Crippen molar-refractivity contribution in [3.05, 3.63) is 36.0 Å². The van der Waals surface area contributed by atoms with Gasteiger partial charge >= 0.3 is 0 Å². The molecule has 10 heteroatoms. The number of aromatic nitrogens is 1. The van der Waals surface area contributed by atoms with Crippen molar-refractivity contribution in [3.63, 3.8) is 0 Å². The minimum atomic E-state index is -0.312. The van der Waals surface area contributed by atoms with E-state index in [2.05, 4.69) is 26.0 Å². The van der Waals surface area contributed by atoms with Crippen LogP contribution in [0.4, 0.5) is 17.2 Å². The van der Waals surface area contributed by atoms with Crippen molar-refractivity contribution in [3.8, 4) is 5.75 Å². The number of aromatic hydroxyl groups is 1. The first-order chi connectivity index (χ1) is 17.5. The smallest absolute Gasteiger partial charge is 0.274 e. The molecule has 3 heterocycles. The molecular weight excluding hydrogens is 478 g/mol. The molecule has 3 aliphatic rings. The summed E-state index contributed by atoms with van der Waals surface area (Å²) >= 11 is 1.47. The number of piperidine rings is 1. The summed E-state index contributed by atoms with van der Waals surface area (Å²) in [6.07, 6.45) is 5.06. The lowest BCUT2D eigenvalue weighted by Gasteiger charge is -2.35. The summed E-state index contributed by atoms with van der Waals surface area (Å²) in [6, 6.07) is 9.08. The van der Waals surface area contributed by atoms with Crippen LogP contribution in [0.5, 0.6) is 5.75 Å². The summed E-state index contributed by atoms with van der Waals surface area (Å²) in [5.74, 6) is 0.152. The first-order valence-electron chi connectivity index (χ1n) is 12.7. The van der Waals surface area contributed by atoms with Crippen LogP contribution in [-0.4, -0.2) is 73.1 Å². The maximum absolute atomic E-state index is 13.3. The summed E-state index contributed by atoms with van der Waals surface area (Å²) in [5, 5.41) is 22.6. The van der Waals surface area contributed by atoms with E-state index in [4.69, 9.17) is 9.84 Å². The zero-order valence-corrected chi connectivity index (χ0v) is 21.5. The third-order valence-electron chi connectivity index (χ3n) is 7.37. The standard InChI is InChI=1S/C26H35N5O4S/c1-18-17-31(13-15-35-18)24-23(33)5-4-21(28-24)25(34)29-20-3-2-19(36-27-10-14-32)16-22(20)30-11-8-26(6-7-26)9-12-30/h2-5,16,18,27,32-33H,6-15,17H2,1H3,(H,29,34)/t18-/m0/s1. The molecule has 36 heavy (non-hydrogen) atoms. The molecule has 1 atom stereocenters. The van der Waals surface area contributed by atoms with Crippen LogP contribution in [0.3, 0.4) is 0 Å². The van der Waals surface area contributed by atoms with E-state index in [1.807, 2.05) is 24.0 Å². The molecule has 0 unspecified atom stereocenters. The molecule has 1 spiro atoms. The number of anilines is 3. The Morgan fingerprint density at radius 2 is 1.97 bits per heavy atom. The van der Waals surface area contributed by atoms with Crippen LogP contribution in [0.25, 0.3) is 0 Å². The Labute approximate surface area is 216 Å². The van der Waals surface area contributed by atoms with Gasteiger partial charge in [0.05, 0.1) is 30.7 Å². The quantitative estimate of drug-likeness (QED) is 0.312. The van der Waals surface area contributed by atoms with Crippen molar-refractivity contribution >= 4 is 35.0 Å². The van der Waals surface area contributed by atoms with Gasteiger partial charge in [-0.3, -0.25) is 9.52 Å². The molecule has 5 rings (SSSR count). The van der Waals surface area contributed by atoms with Crippen molar-refractivity contribution in [1.29, 1.82) is 0 Å². The predicted octanol–water partition coefficient (Wildman–Crippen LogP) is 3.23. The highest BCUT2D eigenvalue weighted by Crippen LogP contribution is 2.54. The third-order valence-corrected chi connectivity index (χ3v) is 8.21. The fourth-order valence-electron chi connectivity index (χ4n) is 5.02. The predicted molar refractivity (Wildman–Crippen MR) is 142 cm³/mol. The van der Waals surface area contributed by atoms with E-state index < -0.39 is 0 Å². The Kier molecular flexibility index (Phi) is 7.57. The van der Waals surface area contributed by atoms with E-state index in [0.717, 1.165) is 29.4 Å². The van der Waals surface area contributed by atoms with Crippen molar-refractivity contribution in [2.75, 3.05) is 61.1 Å². The van der Waals surface area contributed by atoms with Gasteiger partial charge < -0.3 is 30.1 Å². The first kappa shape index (κ1) is 25.1.